The van der Waals surface area contributed by atoms with E-state index >= 15 is 0 Å². The molecular weight excluding hydrogens is 322 g/mol. The zero-order valence-electron chi connectivity index (χ0n) is 15.7. The van der Waals surface area contributed by atoms with E-state index in [1.165, 1.54) is 22.4 Å². The Hall–Kier alpha value is -2.49. The van der Waals surface area contributed by atoms with Gasteiger partial charge in [0, 0.05) is 31.9 Å². The average Bonchev–Trinajstić information content (AvgIpc) is 3.45. The second-order valence-electron chi connectivity index (χ2n) is 7.57. The van der Waals surface area contributed by atoms with Gasteiger partial charge in [0.15, 0.2) is 0 Å². The Morgan fingerprint density at radius 3 is 2.27 bits per heavy atom. The molecule has 1 heterocycles. The second kappa shape index (κ2) is 6.67. The highest BCUT2D eigenvalue weighted by Gasteiger charge is 2.46. The molecule has 2 aliphatic rings. The summed E-state index contributed by atoms with van der Waals surface area (Å²) in [7, 11) is 0. The lowest BCUT2D eigenvalue weighted by Gasteiger charge is -2.37. The van der Waals surface area contributed by atoms with Crippen LogP contribution in [0.5, 0.6) is 0 Å². The number of hydrogen-bond donors (Lipinski definition) is 1. The van der Waals surface area contributed by atoms with Crippen LogP contribution in [0.25, 0.3) is 0 Å². The molecule has 1 aliphatic heterocycles. The monoisotopic (exact) mass is 349 g/mol. The summed E-state index contributed by atoms with van der Waals surface area (Å²) in [4.78, 5) is 17.1. The van der Waals surface area contributed by atoms with E-state index in [1.54, 1.807) is 0 Å². The number of carbonyl (C=O) groups excluding carboxylic acids is 1. The number of hydrogen-bond acceptors (Lipinski definition) is 2. The summed E-state index contributed by atoms with van der Waals surface area (Å²) >= 11 is 0. The maximum absolute atomic E-state index is 12.8. The molecule has 2 amide bonds. The molecule has 2 fully saturated rings. The van der Waals surface area contributed by atoms with Gasteiger partial charge in [-0.3, -0.25) is 0 Å². The van der Waals surface area contributed by atoms with Crippen LogP contribution in [-0.2, 0) is 5.54 Å². The molecule has 2 aromatic rings. The van der Waals surface area contributed by atoms with E-state index in [2.05, 4.69) is 54.4 Å². The lowest BCUT2D eigenvalue weighted by atomic mass is 10.1. The van der Waals surface area contributed by atoms with Crippen molar-refractivity contribution in [1.29, 1.82) is 0 Å². The van der Waals surface area contributed by atoms with E-state index in [1.807, 2.05) is 23.1 Å². The topological polar surface area (TPSA) is 35.6 Å². The van der Waals surface area contributed by atoms with Gasteiger partial charge in [0.05, 0.1) is 5.54 Å². The lowest BCUT2D eigenvalue weighted by molar-refractivity contribution is 0.189. The van der Waals surface area contributed by atoms with Crippen molar-refractivity contribution in [3.05, 3.63) is 65.2 Å². The van der Waals surface area contributed by atoms with Crippen LogP contribution in [-0.4, -0.2) is 37.1 Å². The number of piperazine rings is 1. The fraction of sp³-hybridized carbons (Fsp3) is 0.409. The molecule has 0 spiro atoms. The van der Waals surface area contributed by atoms with E-state index in [-0.39, 0.29) is 11.6 Å². The molecule has 0 atom stereocenters. The molecule has 0 radical (unpaired) electrons. The van der Waals surface area contributed by atoms with E-state index < -0.39 is 0 Å². The molecule has 136 valence electrons. The lowest BCUT2D eigenvalue weighted by Crippen LogP contribution is -2.53. The molecule has 1 aliphatic carbocycles. The van der Waals surface area contributed by atoms with E-state index in [0.29, 0.717) is 0 Å². The number of carbonyl (C=O) groups is 1. The molecule has 2 aromatic carbocycles. The molecule has 0 bridgehead atoms. The van der Waals surface area contributed by atoms with Crippen LogP contribution in [0.1, 0.15) is 29.5 Å². The van der Waals surface area contributed by atoms with Gasteiger partial charge in [0.1, 0.15) is 0 Å². The molecule has 1 saturated heterocycles. The van der Waals surface area contributed by atoms with Crippen LogP contribution in [0, 0.1) is 13.8 Å². The fourth-order valence-corrected chi connectivity index (χ4v) is 3.88. The summed E-state index contributed by atoms with van der Waals surface area (Å²) in [6.07, 6.45) is 2.07. The summed E-state index contributed by atoms with van der Waals surface area (Å²) in [6, 6.07) is 16.9. The Balaban J connectivity index is 1.38. The first-order valence-electron chi connectivity index (χ1n) is 9.53. The predicted octanol–water partition coefficient (Wildman–Crippen LogP) is 3.82. The molecule has 1 saturated carbocycles. The minimum absolute atomic E-state index is 0.0759. The Morgan fingerprint density at radius 1 is 0.923 bits per heavy atom. The number of anilines is 1. The summed E-state index contributed by atoms with van der Waals surface area (Å²) in [5.41, 5.74) is 5.05. The summed E-state index contributed by atoms with van der Waals surface area (Å²) < 4.78 is 0. The summed E-state index contributed by atoms with van der Waals surface area (Å²) in [5.74, 6) is 0. The Kier molecular flexibility index (Phi) is 4.35. The van der Waals surface area contributed by atoms with E-state index in [9.17, 15) is 4.79 Å². The third-order valence-electron chi connectivity index (χ3n) is 5.91. The minimum atomic E-state index is -0.136. The molecule has 26 heavy (non-hydrogen) atoms. The third-order valence-corrected chi connectivity index (χ3v) is 5.91. The van der Waals surface area contributed by atoms with Gasteiger partial charge in [-0.05, 0) is 49.4 Å². The Labute approximate surface area is 155 Å². The van der Waals surface area contributed by atoms with E-state index in [0.717, 1.165) is 39.0 Å². The third kappa shape index (κ3) is 3.16. The summed E-state index contributed by atoms with van der Waals surface area (Å²) in [5, 5.41) is 3.30. The molecular formula is C22H27N3O. The second-order valence-corrected chi connectivity index (χ2v) is 7.57. The number of urea groups is 1. The Morgan fingerprint density at radius 2 is 1.62 bits per heavy atom. The van der Waals surface area contributed by atoms with Crippen LogP contribution >= 0.6 is 0 Å². The molecule has 0 aromatic heterocycles. The quantitative estimate of drug-likeness (QED) is 0.914. The van der Waals surface area contributed by atoms with Gasteiger partial charge in [0.2, 0.25) is 0 Å². The largest absolute Gasteiger partial charge is 0.368 e. The van der Waals surface area contributed by atoms with Crippen LogP contribution in [0.4, 0.5) is 10.5 Å². The van der Waals surface area contributed by atoms with Crippen molar-refractivity contribution >= 4 is 11.7 Å². The van der Waals surface area contributed by atoms with Crippen LogP contribution in [0.2, 0.25) is 0 Å². The standard InChI is InChI=1S/C22H27N3O/c1-17-7-6-10-20(18(17)2)24-13-15-25(16-14-24)21(26)23-22(11-12-22)19-8-4-3-5-9-19/h3-10H,11-16H2,1-2H3,(H,23,26). The van der Waals surface area contributed by atoms with Gasteiger partial charge < -0.3 is 15.1 Å². The molecule has 0 unspecified atom stereocenters. The predicted molar refractivity (Wildman–Crippen MR) is 106 cm³/mol. The zero-order valence-corrected chi connectivity index (χ0v) is 15.7. The van der Waals surface area contributed by atoms with Crippen LogP contribution in [0.3, 0.4) is 0 Å². The van der Waals surface area contributed by atoms with Crippen LogP contribution in [0.15, 0.2) is 48.5 Å². The smallest absolute Gasteiger partial charge is 0.318 e. The van der Waals surface area contributed by atoms with Gasteiger partial charge in [0.25, 0.3) is 0 Å². The molecule has 4 rings (SSSR count). The zero-order chi connectivity index (χ0) is 18.1. The van der Waals surface area contributed by atoms with Gasteiger partial charge >= 0.3 is 6.03 Å². The maximum Gasteiger partial charge on any atom is 0.318 e. The van der Waals surface area contributed by atoms with Crippen molar-refractivity contribution in [2.75, 3.05) is 31.1 Å². The number of nitrogens with one attached hydrogen (secondary N) is 1. The van der Waals surface area contributed by atoms with Gasteiger partial charge in [-0.2, -0.15) is 0 Å². The van der Waals surface area contributed by atoms with Crippen molar-refractivity contribution < 1.29 is 4.79 Å². The van der Waals surface area contributed by atoms with Crippen molar-refractivity contribution in [1.82, 2.24) is 10.2 Å². The van der Waals surface area contributed by atoms with Gasteiger partial charge in [-0.15, -0.1) is 0 Å². The fourth-order valence-electron chi connectivity index (χ4n) is 3.88. The SMILES string of the molecule is Cc1cccc(N2CCN(C(=O)NC3(c4ccccc4)CC3)CC2)c1C. The number of rotatable bonds is 3. The average molecular weight is 349 g/mol. The van der Waals surface area contributed by atoms with E-state index in [4.69, 9.17) is 0 Å². The van der Waals surface area contributed by atoms with Crippen molar-refractivity contribution in [2.45, 2.75) is 32.2 Å². The highest BCUT2D eigenvalue weighted by Crippen LogP contribution is 2.45. The first-order valence-corrected chi connectivity index (χ1v) is 9.53. The van der Waals surface area contributed by atoms with Crippen molar-refractivity contribution in [2.24, 2.45) is 0 Å². The molecule has 4 nitrogen and oxygen atoms in total. The minimum Gasteiger partial charge on any atom is -0.368 e. The van der Waals surface area contributed by atoms with Crippen LogP contribution < -0.4 is 10.2 Å². The summed E-state index contributed by atoms with van der Waals surface area (Å²) in [6.45, 7) is 7.64. The molecule has 4 heteroatoms. The highest BCUT2D eigenvalue weighted by atomic mass is 16.2. The number of benzene rings is 2. The Bertz CT molecular complexity index is 790. The van der Waals surface area contributed by atoms with Gasteiger partial charge in [-0.1, -0.05) is 42.5 Å². The normalized spacial score (nSPS) is 18.5. The highest BCUT2D eigenvalue weighted by molar-refractivity contribution is 5.76. The van der Waals surface area contributed by atoms with Crippen molar-refractivity contribution in [3.8, 4) is 0 Å². The van der Waals surface area contributed by atoms with Crippen molar-refractivity contribution in [3.63, 3.8) is 0 Å². The first kappa shape index (κ1) is 17.0. The number of aryl methyl sites for hydroxylation is 1. The molecule has 1 N–H and O–H groups in total. The maximum atomic E-state index is 12.8. The van der Waals surface area contributed by atoms with Gasteiger partial charge in [-0.25, -0.2) is 4.79 Å². The first-order chi connectivity index (χ1) is 12.6. The number of nitrogens with zero attached hydrogens (tertiary/aromatic N) is 2. The number of amides is 2.